The first-order valence-electron chi connectivity index (χ1n) is 10.8. The molecule has 166 valence electrons. The van der Waals surface area contributed by atoms with Gasteiger partial charge in [0.25, 0.3) is 5.91 Å². The number of anilines is 1. The lowest BCUT2D eigenvalue weighted by molar-refractivity contribution is 0.102. The second-order valence-electron chi connectivity index (χ2n) is 8.20. The van der Waals surface area contributed by atoms with Crippen LogP contribution in [0.15, 0.2) is 77.8 Å². The Morgan fingerprint density at radius 3 is 2.31 bits per heavy atom. The van der Waals surface area contributed by atoms with E-state index in [-0.39, 0.29) is 10.8 Å². The molecule has 0 atom stereocenters. The lowest BCUT2D eigenvalue weighted by Crippen LogP contribution is -2.38. The minimum absolute atomic E-state index is 0.244. The number of nitrogens with one attached hydrogen (secondary N) is 1. The molecule has 6 nitrogen and oxygen atoms in total. The molecule has 32 heavy (non-hydrogen) atoms. The van der Waals surface area contributed by atoms with E-state index in [1.54, 1.807) is 40.7 Å². The van der Waals surface area contributed by atoms with Gasteiger partial charge >= 0.3 is 0 Å². The summed E-state index contributed by atoms with van der Waals surface area (Å²) in [4.78, 5) is 16.7. The number of amides is 1. The number of nitrogens with zero attached hydrogens (tertiary/aromatic N) is 2. The van der Waals surface area contributed by atoms with Gasteiger partial charge in [0, 0.05) is 30.7 Å². The van der Waals surface area contributed by atoms with E-state index in [1.165, 1.54) is 11.8 Å². The maximum atomic E-state index is 13.1. The molecule has 0 radical (unpaired) electrons. The molecule has 0 bridgehead atoms. The summed E-state index contributed by atoms with van der Waals surface area (Å²) in [5.41, 5.74) is 3.12. The largest absolute Gasteiger partial charge is 0.322 e. The first-order chi connectivity index (χ1) is 15.4. The fraction of sp³-hybridized carbons (Fsp3) is 0.280. The first kappa shape index (κ1) is 22.2. The molecule has 1 aliphatic rings. The zero-order chi connectivity index (χ0) is 22.6. The molecule has 0 aliphatic carbocycles. The van der Waals surface area contributed by atoms with Crippen LogP contribution in [0.2, 0.25) is 0 Å². The molecular formula is C25H27N3O3S. The number of rotatable bonds is 6. The van der Waals surface area contributed by atoms with Gasteiger partial charge in [0.05, 0.1) is 10.5 Å². The second-order valence-corrected chi connectivity index (χ2v) is 10.1. The maximum Gasteiger partial charge on any atom is 0.257 e. The Morgan fingerprint density at radius 1 is 1.00 bits per heavy atom. The standard InChI is InChI=1S/C25H27N3O3S/c1-19-7-8-22(18-26-19)25(29)27-23-9-11-24(12-10-23)32(30,31)28-15-13-21(14-16-28)17-20-5-3-2-4-6-20/h2-12,18,21H,13-17H2,1H3,(H,27,29). The van der Waals surface area contributed by atoms with E-state index >= 15 is 0 Å². The summed E-state index contributed by atoms with van der Waals surface area (Å²) < 4.78 is 27.7. The number of aryl methyl sites for hydroxylation is 1. The lowest BCUT2D eigenvalue weighted by Gasteiger charge is -2.31. The maximum absolute atomic E-state index is 13.1. The summed E-state index contributed by atoms with van der Waals surface area (Å²) >= 11 is 0. The average Bonchev–Trinajstić information content (AvgIpc) is 2.81. The van der Waals surface area contributed by atoms with Crippen molar-refractivity contribution in [3.8, 4) is 0 Å². The lowest BCUT2D eigenvalue weighted by atomic mass is 9.91. The molecule has 4 rings (SSSR count). The minimum atomic E-state index is -3.55. The Labute approximate surface area is 189 Å². The number of carbonyl (C=O) groups excluding carboxylic acids is 1. The molecule has 0 spiro atoms. The van der Waals surface area contributed by atoms with Crippen LogP contribution in [0.1, 0.15) is 34.5 Å². The van der Waals surface area contributed by atoms with Crippen LogP contribution < -0.4 is 5.32 Å². The van der Waals surface area contributed by atoms with Crippen molar-refractivity contribution in [1.82, 2.24) is 9.29 Å². The third-order valence-electron chi connectivity index (χ3n) is 5.86. The van der Waals surface area contributed by atoms with Crippen LogP contribution in [-0.4, -0.2) is 36.7 Å². The number of piperidine rings is 1. The molecule has 1 amide bonds. The van der Waals surface area contributed by atoms with E-state index in [0.29, 0.717) is 30.3 Å². The number of sulfonamides is 1. The normalized spacial score (nSPS) is 15.4. The molecule has 2 aromatic carbocycles. The van der Waals surface area contributed by atoms with E-state index in [4.69, 9.17) is 0 Å². The molecule has 1 saturated heterocycles. The highest BCUT2D eigenvalue weighted by Gasteiger charge is 2.29. The predicted octanol–water partition coefficient (Wildman–Crippen LogP) is 4.29. The van der Waals surface area contributed by atoms with Gasteiger partial charge in [-0.25, -0.2) is 8.42 Å². The van der Waals surface area contributed by atoms with Gasteiger partial charge in [0.2, 0.25) is 10.0 Å². The van der Waals surface area contributed by atoms with Crippen LogP contribution in [0.3, 0.4) is 0 Å². The molecular weight excluding hydrogens is 422 g/mol. The van der Waals surface area contributed by atoms with Crippen LogP contribution >= 0.6 is 0 Å². The quantitative estimate of drug-likeness (QED) is 0.609. The van der Waals surface area contributed by atoms with Crippen LogP contribution in [0.4, 0.5) is 5.69 Å². The number of pyridine rings is 1. The number of carbonyl (C=O) groups is 1. The second kappa shape index (κ2) is 9.63. The van der Waals surface area contributed by atoms with Gasteiger partial charge in [-0.05, 0) is 74.1 Å². The third kappa shape index (κ3) is 5.23. The van der Waals surface area contributed by atoms with Gasteiger partial charge in [0.15, 0.2) is 0 Å². The Balaban J connectivity index is 1.36. The Kier molecular flexibility index (Phi) is 6.67. The SMILES string of the molecule is Cc1ccc(C(=O)Nc2ccc(S(=O)(=O)N3CCC(Cc4ccccc4)CC3)cc2)cn1. The Morgan fingerprint density at radius 2 is 1.69 bits per heavy atom. The van der Waals surface area contributed by atoms with Crippen molar-refractivity contribution >= 4 is 21.6 Å². The molecule has 1 N–H and O–H groups in total. The van der Waals surface area contributed by atoms with Crippen LogP contribution in [0.25, 0.3) is 0 Å². The number of aromatic nitrogens is 1. The fourth-order valence-electron chi connectivity index (χ4n) is 3.97. The molecule has 1 aromatic heterocycles. The fourth-order valence-corrected chi connectivity index (χ4v) is 5.44. The van der Waals surface area contributed by atoms with E-state index < -0.39 is 10.0 Å². The van der Waals surface area contributed by atoms with Crippen molar-refractivity contribution in [3.05, 3.63) is 89.7 Å². The van der Waals surface area contributed by atoms with Crippen molar-refractivity contribution < 1.29 is 13.2 Å². The predicted molar refractivity (Wildman–Crippen MR) is 125 cm³/mol. The Hall–Kier alpha value is -3.03. The van der Waals surface area contributed by atoms with Gasteiger partial charge in [-0.3, -0.25) is 9.78 Å². The van der Waals surface area contributed by atoms with Crippen LogP contribution in [0, 0.1) is 12.8 Å². The number of benzene rings is 2. The highest BCUT2D eigenvalue weighted by atomic mass is 32.2. The third-order valence-corrected chi connectivity index (χ3v) is 7.78. The highest BCUT2D eigenvalue weighted by molar-refractivity contribution is 7.89. The van der Waals surface area contributed by atoms with Gasteiger partial charge in [-0.15, -0.1) is 0 Å². The molecule has 7 heteroatoms. The summed E-state index contributed by atoms with van der Waals surface area (Å²) in [5.74, 6) is 0.214. The average molecular weight is 450 g/mol. The summed E-state index contributed by atoms with van der Waals surface area (Å²) in [6, 6.07) is 20.2. The Bertz CT molecular complexity index is 1150. The summed E-state index contributed by atoms with van der Waals surface area (Å²) in [7, 11) is -3.55. The van der Waals surface area contributed by atoms with E-state index in [2.05, 4.69) is 22.4 Å². The van der Waals surface area contributed by atoms with Crippen LogP contribution in [-0.2, 0) is 16.4 Å². The van der Waals surface area contributed by atoms with Gasteiger partial charge < -0.3 is 5.32 Å². The van der Waals surface area contributed by atoms with Crippen molar-refractivity contribution in [2.24, 2.45) is 5.92 Å². The smallest absolute Gasteiger partial charge is 0.257 e. The van der Waals surface area contributed by atoms with Crippen molar-refractivity contribution in [2.75, 3.05) is 18.4 Å². The van der Waals surface area contributed by atoms with E-state index in [0.717, 1.165) is 25.0 Å². The molecule has 1 aliphatic heterocycles. The summed E-state index contributed by atoms with van der Waals surface area (Å²) in [5, 5.41) is 2.78. The summed E-state index contributed by atoms with van der Waals surface area (Å²) in [6.45, 7) is 2.91. The number of hydrogen-bond donors (Lipinski definition) is 1. The molecule has 2 heterocycles. The molecule has 1 fully saturated rings. The zero-order valence-corrected chi connectivity index (χ0v) is 18.9. The van der Waals surface area contributed by atoms with Crippen molar-refractivity contribution in [3.63, 3.8) is 0 Å². The molecule has 3 aromatic rings. The monoisotopic (exact) mass is 449 g/mol. The van der Waals surface area contributed by atoms with Gasteiger partial charge in [-0.1, -0.05) is 30.3 Å². The highest BCUT2D eigenvalue weighted by Crippen LogP contribution is 2.27. The van der Waals surface area contributed by atoms with Gasteiger partial charge in [0.1, 0.15) is 0 Å². The minimum Gasteiger partial charge on any atom is -0.322 e. The summed E-state index contributed by atoms with van der Waals surface area (Å²) in [6.07, 6.45) is 4.21. The van der Waals surface area contributed by atoms with Crippen molar-refractivity contribution in [2.45, 2.75) is 31.1 Å². The first-order valence-corrected chi connectivity index (χ1v) is 12.2. The topological polar surface area (TPSA) is 79.4 Å². The van der Waals surface area contributed by atoms with Crippen LogP contribution in [0.5, 0.6) is 0 Å². The van der Waals surface area contributed by atoms with E-state index in [1.807, 2.05) is 25.1 Å². The molecule has 0 unspecified atom stereocenters. The zero-order valence-electron chi connectivity index (χ0n) is 18.1. The van der Waals surface area contributed by atoms with E-state index in [9.17, 15) is 13.2 Å². The van der Waals surface area contributed by atoms with Gasteiger partial charge in [-0.2, -0.15) is 4.31 Å². The van der Waals surface area contributed by atoms with Crippen molar-refractivity contribution in [1.29, 1.82) is 0 Å². The molecule has 0 saturated carbocycles. The number of hydrogen-bond acceptors (Lipinski definition) is 4.